The van der Waals surface area contributed by atoms with Crippen LogP contribution in [0.2, 0.25) is 0 Å². The fourth-order valence-corrected chi connectivity index (χ4v) is 13.5. The molecule has 7 aliphatic rings. The number of halogens is 1. The van der Waals surface area contributed by atoms with E-state index in [-0.39, 0.29) is 77.9 Å². The van der Waals surface area contributed by atoms with Gasteiger partial charge in [-0.2, -0.15) is 0 Å². The Labute approximate surface area is 453 Å². The number of benzene rings is 2. The number of imide groups is 1. The number of hydrogen-bond donors (Lipinski definition) is 4. The van der Waals surface area contributed by atoms with Crippen molar-refractivity contribution in [2.45, 2.75) is 139 Å². The van der Waals surface area contributed by atoms with Crippen molar-refractivity contribution in [3.63, 3.8) is 0 Å². The van der Waals surface area contributed by atoms with Crippen LogP contribution in [0.1, 0.15) is 126 Å². The molecule has 78 heavy (non-hydrogen) atoms. The lowest BCUT2D eigenvalue weighted by atomic mass is 9.73. The number of hydrogen-bond acceptors (Lipinski definition) is 12. The van der Waals surface area contributed by atoms with Crippen LogP contribution in [0, 0.1) is 17.7 Å². The summed E-state index contributed by atoms with van der Waals surface area (Å²) >= 11 is 0. The average Bonchev–Trinajstić information content (AvgIpc) is 4.26. The van der Waals surface area contributed by atoms with Crippen LogP contribution in [-0.4, -0.2) is 133 Å². The summed E-state index contributed by atoms with van der Waals surface area (Å²) in [5.41, 5.74) is 5.39. The number of fused-ring (bicyclic) bond motifs is 3. The van der Waals surface area contributed by atoms with Gasteiger partial charge in [0.05, 0.1) is 46.4 Å². The van der Waals surface area contributed by atoms with E-state index in [1.54, 1.807) is 42.9 Å². The van der Waals surface area contributed by atoms with Gasteiger partial charge < -0.3 is 40.1 Å². The van der Waals surface area contributed by atoms with Crippen LogP contribution in [0.25, 0.3) is 22.3 Å². The molecule has 2 aromatic carbocycles. The number of nitrogens with one attached hydrogen (secondary N) is 4. The molecule has 2 aliphatic carbocycles. The number of nitrogens with zero attached hydrogens (tertiary/aromatic N) is 8. The van der Waals surface area contributed by atoms with Crippen molar-refractivity contribution in [2.75, 3.05) is 54.8 Å². The maximum atomic E-state index is 15.3. The molecule has 408 valence electrons. The Balaban J connectivity index is 0.695. The Morgan fingerprint density at radius 1 is 0.795 bits per heavy atom. The van der Waals surface area contributed by atoms with Gasteiger partial charge in [-0.25, -0.2) is 19.3 Å². The predicted molar refractivity (Wildman–Crippen MR) is 292 cm³/mol. The normalized spacial score (nSPS) is 25.3. The number of rotatable bonds is 12. The van der Waals surface area contributed by atoms with E-state index < -0.39 is 23.3 Å². The zero-order valence-corrected chi connectivity index (χ0v) is 44.5. The summed E-state index contributed by atoms with van der Waals surface area (Å²) in [6, 6.07) is 18.1. The third-order valence-electron chi connectivity index (χ3n) is 18.1. The number of carbonyl (C=O) groups excluding carboxylic acids is 6. The first-order valence-electron chi connectivity index (χ1n) is 28.4. The largest absolute Gasteiger partial charge is 0.381 e. The quantitative estimate of drug-likeness (QED) is 0.0913. The minimum atomic E-state index is -0.782. The first-order chi connectivity index (χ1) is 37.8. The highest BCUT2D eigenvalue weighted by atomic mass is 19.1. The fraction of sp³-hybridized carbons (Fsp3) is 0.508. The predicted octanol–water partition coefficient (Wildman–Crippen LogP) is 7.24. The third kappa shape index (κ3) is 9.76. The fourth-order valence-electron chi connectivity index (χ4n) is 13.5. The number of imidazole rings is 1. The van der Waals surface area contributed by atoms with Gasteiger partial charge in [0.25, 0.3) is 5.91 Å². The van der Waals surface area contributed by atoms with Crippen LogP contribution in [0.5, 0.6) is 0 Å². The van der Waals surface area contributed by atoms with E-state index in [0.29, 0.717) is 68.7 Å². The van der Waals surface area contributed by atoms with Gasteiger partial charge in [-0.15, -0.1) is 0 Å². The van der Waals surface area contributed by atoms with Crippen LogP contribution < -0.4 is 26.2 Å². The van der Waals surface area contributed by atoms with Crippen molar-refractivity contribution in [3.05, 3.63) is 90.3 Å². The number of aromatic nitrogens is 4. The smallest absolute Gasteiger partial charge is 0.270 e. The Hall–Kier alpha value is -7.28. The van der Waals surface area contributed by atoms with E-state index in [1.807, 2.05) is 20.4 Å². The van der Waals surface area contributed by atoms with Crippen LogP contribution in [0.3, 0.4) is 0 Å². The van der Waals surface area contributed by atoms with E-state index in [2.05, 4.69) is 68.1 Å². The second kappa shape index (κ2) is 21.2. The Bertz CT molecular complexity index is 3150. The lowest BCUT2D eigenvalue weighted by Gasteiger charge is -2.48. The molecule has 18 nitrogen and oxygen atoms in total. The molecule has 5 aromatic rings. The number of pyridine rings is 2. The molecule has 6 amide bonds. The number of anilines is 4. The van der Waals surface area contributed by atoms with Crippen LogP contribution in [0.4, 0.5) is 27.3 Å². The molecule has 0 radical (unpaired) electrons. The summed E-state index contributed by atoms with van der Waals surface area (Å²) < 4.78 is 17.2. The first kappa shape index (κ1) is 51.5. The second-order valence-electron chi connectivity index (χ2n) is 23.1. The number of likely N-dealkylation sites (tertiary alicyclic amines) is 3. The summed E-state index contributed by atoms with van der Waals surface area (Å²) in [5, 5.41) is 11.7. The van der Waals surface area contributed by atoms with E-state index in [9.17, 15) is 24.0 Å². The Morgan fingerprint density at radius 2 is 1.56 bits per heavy atom. The molecular weight excluding hydrogens is 992 g/mol. The standard InChI is InChI=1S/C59H69FN12O6/c1-35(2)71-34-62-49-31-48(65-53(52(49)71)64-45-9-5-4-8-44(45)60)37-12-16-43-50(28-37)72(42-29-41(30-42)68-23-6-3-7-24-68)58(78)59(43)21-26-69(27-22-59)57(77)38-20-25-70(33-38)56(76)36-10-13-39(14-11-36)63-40-15-17-46(61-32-40)54(74)66-47-18-19-51(73)67-55(47)75/h4-5,8-9,12,15-17,28,31-32,34-36,38-39,41-42,47,63H,3,6-7,10-11,13-14,18-27,29-30,33H2,1-2H3,(H,64,65)(H,66,74)(H,67,73,75)/t36-,38-,39-,41-,42+,47?/m1/s1. The first-order valence-corrected chi connectivity index (χ1v) is 28.4. The molecule has 3 aromatic heterocycles. The molecule has 12 rings (SSSR count). The summed E-state index contributed by atoms with van der Waals surface area (Å²) in [6.07, 6.45) is 14.0. The van der Waals surface area contributed by atoms with Gasteiger partial charge in [0.2, 0.25) is 29.5 Å². The Kier molecular flexibility index (Phi) is 14.0. The highest BCUT2D eigenvalue weighted by Gasteiger charge is 2.56. The molecule has 4 N–H and O–H groups in total. The molecule has 1 unspecified atom stereocenters. The van der Waals surface area contributed by atoms with Crippen molar-refractivity contribution >= 4 is 69.4 Å². The molecule has 5 aliphatic heterocycles. The Morgan fingerprint density at radius 3 is 2.29 bits per heavy atom. The molecule has 0 bridgehead atoms. The third-order valence-corrected chi connectivity index (χ3v) is 18.1. The van der Waals surface area contributed by atoms with Gasteiger partial charge in [0.1, 0.15) is 23.1 Å². The molecule has 8 heterocycles. The van der Waals surface area contributed by atoms with Crippen molar-refractivity contribution in [1.82, 2.24) is 44.9 Å². The summed E-state index contributed by atoms with van der Waals surface area (Å²) in [4.78, 5) is 103. The van der Waals surface area contributed by atoms with Crippen molar-refractivity contribution in [2.24, 2.45) is 11.8 Å². The lowest BCUT2D eigenvalue weighted by molar-refractivity contribution is -0.140. The number of para-hydroxylation sites is 1. The lowest BCUT2D eigenvalue weighted by Crippen LogP contribution is -2.58. The van der Waals surface area contributed by atoms with Gasteiger partial charge in [-0.1, -0.05) is 30.7 Å². The van der Waals surface area contributed by atoms with Crippen LogP contribution >= 0.6 is 0 Å². The maximum absolute atomic E-state index is 15.3. The van der Waals surface area contributed by atoms with Crippen LogP contribution in [-0.2, 0) is 29.4 Å². The van der Waals surface area contributed by atoms with E-state index in [1.165, 1.54) is 25.3 Å². The van der Waals surface area contributed by atoms with E-state index in [0.717, 1.165) is 85.1 Å². The molecule has 6 fully saturated rings. The van der Waals surface area contributed by atoms with E-state index in [4.69, 9.17) is 9.97 Å². The van der Waals surface area contributed by atoms with Crippen molar-refractivity contribution in [1.29, 1.82) is 0 Å². The topological polar surface area (TPSA) is 207 Å². The second-order valence-corrected chi connectivity index (χ2v) is 23.1. The molecule has 19 heteroatoms. The minimum Gasteiger partial charge on any atom is -0.381 e. The van der Waals surface area contributed by atoms with Crippen LogP contribution in [0.15, 0.2) is 73.2 Å². The van der Waals surface area contributed by atoms with Gasteiger partial charge in [0.15, 0.2) is 5.82 Å². The van der Waals surface area contributed by atoms with E-state index >= 15 is 9.18 Å². The molecule has 1 spiro atoms. The molecule has 4 saturated heterocycles. The van der Waals surface area contributed by atoms with Gasteiger partial charge in [-0.05, 0) is 146 Å². The average molecular weight is 1060 g/mol. The number of piperidine rings is 3. The molecular formula is C59H69FN12O6. The maximum Gasteiger partial charge on any atom is 0.270 e. The monoisotopic (exact) mass is 1060 g/mol. The van der Waals surface area contributed by atoms with Gasteiger partial charge in [-0.3, -0.25) is 34.1 Å². The van der Waals surface area contributed by atoms with Crippen molar-refractivity contribution in [3.8, 4) is 11.3 Å². The van der Waals surface area contributed by atoms with Crippen molar-refractivity contribution < 1.29 is 33.2 Å². The number of amides is 6. The zero-order valence-electron chi connectivity index (χ0n) is 44.5. The van der Waals surface area contributed by atoms with Gasteiger partial charge in [0, 0.05) is 73.9 Å². The highest BCUT2D eigenvalue weighted by molar-refractivity contribution is 6.10. The number of carbonyl (C=O) groups is 6. The van der Waals surface area contributed by atoms with Gasteiger partial charge >= 0.3 is 0 Å². The summed E-state index contributed by atoms with van der Waals surface area (Å²) in [7, 11) is 0. The summed E-state index contributed by atoms with van der Waals surface area (Å²) in [5.74, 6) is -1.37. The summed E-state index contributed by atoms with van der Waals surface area (Å²) in [6.45, 7) is 8.22. The SMILES string of the molecule is CC(C)n1cnc2cc(-c3ccc4c(c3)N([C@H]3C[C@@H](N5CCCCC5)C3)C(=O)C43CCN(C(=O)[C@@H]4CCN(C(=O)[C@H]5CC[C@H](Nc6ccc(C(=O)NC7CCC(=O)NC7=O)nc6)CC5)C4)CC3)nc(Nc3ccccc3F)c21. The minimum absolute atomic E-state index is 0.0588. The molecule has 2 saturated carbocycles. The highest BCUT2D eigenvalue weighted by Crippen LogP contribution is 2.52. The zero-order chi connectivity index (χ0) is 53.8. The molecule has 2 atom stereocenters.